The first-order chi connectivity index (χ1) is 16.8. The van der Waals surface area contributed by atoms with Crippen molar-refractivity contribution < 1.29 is 32.6 Å². The Morgan fingerprint density at radius 3 is 2.39 bits per heavy atom. The molecule has 1 aliphatic heterocycles. The van der Waals surface area contributed by atoms with Gasteiger partial charge in [-0.25, -0.2) is 18.4 Å². The summed E-state index contributed by atoms with van der Waals surface area (Å²) < 4.78 is 43.0. The third-order valence-electron chi connectivity index (χ3n) is 6.07. The van der Waals surface area contributed by atoms with Crippen molar-refractivity contribution in [1.82, 2.24) is 9.47 Å². The summed E-state index contributed by atoms with van der Waals surface area (Å²) in [6, 6.07) is 0.0185. The molecule has 198 valence electrons. The number of urea groups is 1. The number of esters is 1. The molecule has 0 unspecified atom stereocenters. The molecule has 2 aromatic rings. The molecule has 9 nitrogen and oxygen atoms in total. The number of amides is 3. The molecule has 1 fully saturated rings. The molecule has 1 aliphatic rings. The van der Waals surface area contributed by atoms with E-state index in [0.717, 1.165) is 4.90 Å². The normalized spacial score (nSPS) is 14.7. The number of primary amides is 1. The van der Waals surface area contributed by atoms with Crippen molar-refractivity contribution in [2.75, 3.05) is 31.1 Å². The summed E-state index contributed by atoms with van der Waals surface area (Å²) in [5.74, 6) is -2.49. The second-order valence-corrected chi connectivity index (χ2v) is 9.88. The van der Waals surface area contributed by atoms with E-state index in [9.17, 15) is 14.4 Å². The Hall–Kier alpha value is -3.37. The maximum absolute atomic E-state index is 15.7. The Kier molecular flexibility index (Phi) is 8.10. The van der Waals surface area contributed by atoms with Gasteiger partial charge in [-0.2, -0.15) is 0 Å². The number of nitrogens with two attached hydrogens (primary N) is 1. The van der Waals surface area contributed by atoms with Crippen LogP contribution in [0.25, 0.3) is 10.9 Å². The second-order valence-electron chi connectivity index (χ2n) is 9.88. The molecule has 3 rings (SSSR count). The van der Waals surface area contributed by atoms with Crippen molar-refractivity contribution in [3.63, 3.8) is 0 Å². The van der Waals surface area contributed by atoms with Crippen LogP contribution in [0.5, 0.6) is 0 Å². The fourth-order valence-electron chi connectivity index (χ4n) is 4.49. The Morgan fingerprint density at radius 2 is 1.83 bits per heavy atom. The Morgan fingerprint density at radius 1 is 1.19 bits per heavy atom. The number of hydrogen-bond donors (Lipinski definition) is 1. The van der Waals surface area contributed by atoms with Crippen LogP contribution in [-0.4, -0.2) is 59.4 Å². The highest BCUT2D eigenvalue weighted by atomic mass is 19.1. The lowest BCUT2D eigenvalue weighted by Crippen LogP contribution is -2.42. The summed E-state index contributed by atoms with van der Waals surface area (Å²) in [6.07, 6.45) is 2.27. The zero-order valence-electron chi connectivity index (χ0n) is 21.4. The fourth-order valence-corrected chi connectivity index (χ4v) is 4.49. The minimum atomic E-state index is -1.08. The molecule has 0 radical (unpaired) electrons. The summed E-state index contributed by atoms with van der Waals surface area (Å²) in [5, 5.41) is 0.170. The van der Waals surface area contributed by atoms with Gasteiger partial charge < -0.3 is 24.7 Å². The number of anilines is 1. The summed E-state index contributed by atoms with van der Waals surface area (Å²) in [7, 11) is 0. The summed E-state index contributed by atoms with van der Waals surface area (Å²) in [5.41, 5.74) is 5.12. The van der Waals surface area contributed by atoms with E-state index in [1.54, 1.807) is 45.7 Å². The number of fused-ring (bicyclic) bond motifs is 1. The fraction of sp³-hybridized carbons (Fsp3) is 0.560. The van der Waals surface area contributed by atoms with Crippen LogP contribution in [0.3, 0.4) is 0 Å². The summed E-state index contributed by atoms with van der Waals surface area (Å²) >= 11 is 0. The van der Waals surface area contributed by atoms with Crippen LogP contribution in [-0.2, 0) is 14.3 Å². The maximum Gasteiger partial charge on any atom is 0.410 e. The van der Waals surface area contributed by atoms with Gasteiger partial charge >= 0.3 is 18.1 Å². The van der Waals surface area contributed by atoms with Crippen molar-refractivity contribution in [1.29, 1.82) is 0 Å². The molecule has 36 heavy (non-hydrogen) atoms. The number of piperidine rings is 1. The lowest BCUT2D eigenvalue weighted by Gasteiger charge is -2.34. The maximum atomic E-state index is 15.7. The highest BCUT2D eigenvalue weighted by Gasteiger charge is 2.31. The molecule has 1 aromatic heterocycles. The highest BCUT2D eigenvalue weighted by Crippen LogP contribution is 2.37. The van der Waals surface area contributed by atoms with Gasteiger partial charge in [-0.05, 0) is 53.0 Å². The van der Waals surface area contributed by atoms with Gasteiger partial charge in [0, 0.05) is 43.3 Å². The number of aromatic nitrogens is 1. The van der Waals surface area contributed by atoms with Crippen LogP contribution in [0.1, 0.15) is 58.6 Å². The zero-order valence-corrected chi connectivity index (χ0v) is 21.4. The number of ether oxygens (including phenoxy) is 2. The Labute approximate surface area is 209 Å². The van der Waals surface area contributed by atoms with Gasteiger partial charge in [0.15, 0.2) is 11.6 Å². The van der Waals surface area contributed by atoms with Gasteiger partial charge in [0.2, 0.25) is 0 Å². The molecule has 11 heteroatoms. The van der Waals surface area contributed by atoms with Crippen molar-refractivity contribution in [2.45, 2.75) is 65.5 Å². The molecule has 3 amide bonds. The van der Waals surface area contributed by atoms with E-state index in [2.05, 4.69) is 0 Å². The molecule has 2 heterocycles. The monoisotopic (exact) mass is 508 g/mol. The second kappa shape index (κ2) is 10.7. The molecule has 0 spiro atoms. The third kappa shape index (κ3) is 5.88. The molecule has 1 saturated heterocycles. The van der Waals surface area contributed by atoms with Gasteiger partial charge in [-0.15, -0.1) is 0 Å². The first kappa shape index (κ1) is 27.2. The first-order valence-electron chi connectivity index (χ1n) is 12.0. The number of benzene rings is 1. The Bertz CT molecular complexity index is 1150. The van der Waals surface area contributed by atoms with Crippen molar-refractivity contribution in [3.8, 4) is 0 Å². The molecule has 2 N–H and O–H groups in total. The van der Waals surface area contributed by atoms with E-state index >= 15 is 8.78 Å². The van der Waals surface area contributed by atoms with Crippen LogP contribution in [0.15, 0.2) is 12.3 Å². The smallest absolute Gasteiger partial charge is 0.410 e. The first-order valence-corrected chi connectivity index (χ1v) is 12.0. The summed E-state index contributed by atoms with van der Waals surface area (Å²) in [6.45, 7) is 9.47. The minimum absolute atomic E-state index is 0.0828. The van der Waals surface area contributed by atoms with Crippen LogP contribution >= 0.6 is 0 Å². The SMILES string of the molecule is CCOC(=O)CCN(C(N)=O)c1c(F)cc2c(c(C)cn2C2CCN(C(=O)OC(C)(C)C)CC2)c1F. The Balaban J connectivity index is 1.88. The highest BCUT2D eigenvalue weighted by molar-refractivity contribution is 5.96. The molecular weight excluding hydrogens is 474 g/mol. The average Bonchev–Trinajstić information content (AvgIpc) is 3.10. The predicted octanol–water partition coefficient (Wildman–Crippen LogP) is 4.64. The number of hydrogen-bond acceptors (Lipinski definition) is 5. The van der Waals surface area contributed by atoms with Gasteiger partial charge in [-0.3, -0.25) is 9.69 Å². The third-order valence-corrected chi connectivity index (χ3v) is 6.07. The topological polar surface area (TPSA) is 107 Å². The van der Waals surface area contributed by atoms with E-state index in [0.29, 0.717) is 37.0 Å². The number of rotatable bonds is 6. The predicted molar refractivity (Wildman–Crippen MR) is 131 cm³/mol. The molecule has 1 aromatic carbocycles. The van der Waals surface area contributed by atoms with Crippen LogP contribution in [0, 0.1) is 18.6 Å². The van der Waals surface area contributed by atoms with E-state index in [-0.39, 0.29) is 37.1 Å². The number of halogens is 2. The van der Waals surface area contributed by atoms with Gasteiger partial charge in [0.05, 0.1) is 18.5 Å². The lowest BCUT2D eigenvalue weighted by atomic mass is 10.0. The lowest BCUT2D eigenvalue weighted by molar-refractivity contribution is -0.142. The van der Waals surface area contributed by atoms with Gasteiger partial charge in [0.25, 0.3) is 0 Å². The van der Waals surface area contributed by atoms with Crippen molar-refractivity contribution in [2.24, 2.45) is 5.73 Å². The number of carbonyl (C=O) groups is 3. The van der Waals surface area contributed by atoms with E-state index in [4.69, 9.17) is 15.2 Å². The quantitative estimate of drug-likeness (QED) is 0.572. The summed E-state index contributed by atoms with van der Waals surface area (Å²) in [4.78, 5) is 38.5. The van der Waals surface area contributed by atoms with Crippen molar-refractivity contribution >= 4 is 34.7 Å². The number of likely N-dealkylation sites (tertiary alicyclic amines) is 1. The number of nitrogens with zero attached hydrogens (tertiary/aromatic N) is 3. The molecule has 0 bridgehead atoms. The van der Waals surface area contributed by atoms with Crippen LogP contribution in [0.4, 0.5) is 24.1 Å². The minimum Gasteiger partial charge on any atom is -0.466 e. The van der Waals surface area contributed by atoms with Gasteiger partial charge in [-0.1, -0.05) is 0 Å². The number of carbonyl (C=O) groups excluding carboxylic acids is 3. The average molecular weight is 509 g/mol. The molecular formula is C25H34F2N4O5. The zero-order chi connectivity index (χ0) is 26.8. The van der Waals surface area contributed by atoms with Crippen molar-refractivity contribution in [3.05, 3.63) is 29.5 Å². The molecule has 0 saturated carbocycles. The van der Waals surface area contributed by atoms with E-state index in [1.807, 2.05) is 4.57 Å². The van der Waals surface area contributed by atoms with E-state index in [1.165, 1.54) is 6.07 Å². The van der Waals surface area contributed by atoms with E-state index < -0.39 is 34.9 Å². The standard InChI is InChI=1S/C25H34F2N4O5/c1-6-35-19(32)9-12-30(23(28)33)22-17(26)13-18-20(21(22)27)15(2)14-31(18)16-7-10-29(11-8-16)24(34)36-25(3,4)5/h13-14,16H,6-12H2,1-5H3,(H2,28,33). The molecule has 0 aliphatic carbocycles. The number of aryl methyl sites for hydroxylation is 1. The van der Waals surface area contributed by atoms with Crippen LogP contribution < -0.4 is 10.6 Å². The van der Waals surface area contributed by atoms with Crippen LogP contribution in [0.2, 0.25) is 0 Å². The van der Waals surface area contributed by atoms with Gasteiger partial charge in [0.1, 0.15) is 11.3 Å². The molecule has 0 atom stereocenters. The largest absolute Gasteiger partial charge is 0.466 e.